The monoisotopic (exact) mass is 446 g/mol. The van der Waals surface area contributed by atoms with E-state index in [0.717, 1.165) is 45.9 Å². The van der Waals surface area contributed by atoms with Crippen LogP contribution in [0.5, 0.6) is 0 Å². The molecular formula is C31H18N4. The summed E-state index contributed by atoms with van der Waals surface area (Å²) >= 11 is 0. The van der Waals surface area contributed by atoms with Crippen molar-refractivity contribution in [3.63, 3.8) is 0 Å². The minimum atomic E-state index is 0.904. The van der Waals surface area contributed by atoms with Gasteiger partial charge in [0, 0.05) is 23.2 Å². The molecule has 0 fully saturated rings. The molecule has 7 aromatic rings. The van der Waals surface area contributed by atoms with Crippen LogP contribution in [0.2, 0.25) is 0 Å². The van der Waals surface area contributed by atoms with Crippen molar-refractivity contribution in [3.05, 3.63) is 108 Å². The van der Waals surface area contributed by atoms with Gasteiger partial charge in [-0.1, -0.05) is 36.4 Å². The highest BCUT2D eigenvalue weighted by atomic mass is 15.0. The molecule has 0 saturated heterocycles. The van der Waals surface area contributed by atoms with Crippen LogP contribution in [-0.2, 0) is 12.8 Å². The lowest BCUT2D eigenvalue weighted by Crippen LogP contribution is -1.95. The maximum absolute atomic E-state index is 5.03. The van der Waals surface area contributed by atoms with Gasteiger partial charge in [0.05, 0.1) is 22.7 Å². The highest BCUT2D eigenvalue weighted by Crippen LogP contribution is 2.48. The van der Waals surface area contributed by atoms with E-state index in [1.165, 1.54) is 49.9 Å². The minimum absolute atomic E-state index is 0.904. The molecule has 9 rings (SSSR count). The van der Waals surface area contributed by atoms with Crippen molar-refractivity contribution in [2.45, 2.75) is 12.8 Å². The Balaban J connectivity index is 1.43. The van der Waals surface area contributed by atoms with E-state index in [1.807, 2.05) is 30.7 Å². The lowest BCUT2D eigenvalue weighted by molar-refractivity contribution is 1.24. The van der Waals surface area contributed by atoms with Crippen molar-refractivity contribution in [2.75, 3.05) is 0 Å². The van der Waals surface area contributed by atoms with Crippen molar-refractivity contribution in [1.29, 1.82) is 0 Å². The highest BCUT2D eigenvalue weighted by molar-refractivity contribution is 6.19. The fourth-order valence-electron chi connectivity index (χ4n) is 6.47. The fourth-order valence-corrected chi connectivity index (χ4v) is 6.47. The number of rotatable bonds is 0. The second kappa shape index (κ2) is 6.10. The summed E-state index contributed by atoms with van der Waals surface area (Å²) in [6.07, 6.45) is 7.54. The van der Waals surface area contributed by atoms with Crippen LogP contribution in [-0.4, -0.2) is 19.4 Å². The van der Waals surface area contributed by atoms with E-state index < -0.39 is 0 Å². The Bertz CT molecular complexity index is 2070. The van der Waals surface area contributed by atoms with Gasteiger partial charge < -0.3 is 0 Å². The van der Waals surface area contributed by atoms with Gasteiger partial charge in [0.1, 0.15) is 11.2 Å². The standard InChI is InChI=1S/C31H18N4/c1-2-5-21-17(4-1)12-19-15-24-20(14-23(19)21)13-18-7-8-22-29(28(18)24)30-27(6-3-10-33-30)35-26-9-11-32-16-25(26)34-31(22)35/h1-11,14-16H,12-13H2. The molecule has 4 heteroatoms. The molecule has 0 bridgehead atoms. The highest BCUT2D eigenvalue weighted by Gasteiger charge is 2.28. The summed E-state index contributed by atoms with van der Waals surface area (Å²) in [4.78, 5) is 14.3. The number of fused-ring (bicyclic) bond motifs is 15. The second-order valence-corrected chi connectivity index (χ2v) is 9.71. The van der Waals surface area contributed by atoms with Crippen LogP contribution in [0, 0.1) is 0 Å². The lowest BCUT2D eigenvalue weighted by Gasteiger charge is -2.13. The van der Waals surface area contributed by atoms with E-state index in [9.17, 15) is 0 Å². The number of hydrogen-bond donors (Lipinski definition) is 0. The number of benzene rings is 3. The molecule has 0 aliphatic heterocycles. The molecule has 162 valence electrons. The van der Waals surface area contributed by atoms with Crippen LogP contribution in [0.4, 0.5) is 0 Å². The van der Waals surface area contributed by atoms with E-state index in [0.29, 0.717) is 0 Å². The molecule has 4 aromatic heterocycles. The predicted octanol–water partition coefficient (Wildman–Crippen LogP) is 6.73. The minimum Gasteiger partial charge on any atom is -0.290 e. The molecule has 0 spiro atoms. The maximum atomic E-state index is 5.03. The molecule has 0 radical (unpaired) electrons. The van der Waals surface area contributed by atoms with Crippen LogP contribution in [0.25, 0.3) is 60.7 Å². The Morgan fingerprint density at radius 1 is 0.686 bits per heavy atom. The number of aromatic nitrogens is 4. The van der Waals surface area contributed by atoms with Crippen LogP contribution in [0.3, 0.4) is 0 Å². The number of pyridine rings is 3. The third kappa shape index (κ3) is 2.15. The summed E-state index contributed by atoms with van der Waals surface area (Å²) in [5.41, 5.74) is 16.1. The average molecular weight is 447 g/mol. The van der Waals surface area contributed by atoms with E-state index >= 15 is 0 Å². The van der Waals surface area contributed by atoms with Crippen LogP contribution >= 0.6 is 0 Å². The molecule has 4 nitrogen and oxygen atoms in total. The molecule has 0 unspecified atom stereocenters. The molecule has 2 aliphatic rings. The number of hydrogen-bond acceptors (Lipinski definition) is 3. The molecule has 2 aliphatic carbocycles. The first kappa shape index (κ1) is 17.8. The van der Waals surface area contributed by atoms with E-state index in [-0.39, 0.29) is 0 Å². The molecule has 3 aromatic carbocycles. The summed E-state index contributed by atoms with van der Waals surface area (Å²) in [7, 11) is 0. The second-order valence-electron chi connectivity index (χ2n) is 9.71. The maximum Gasteiger partial charge on any atom is 0.146 e. The van der Waals surface area contributed by atoms with Gasteiger partial charge in [-0.25, -0.2) is 4.98 Å². The summed E-state index contributed by atoms with van der Waals surface area (Å²) in [6, 6.07) is 24.4. The molecule has 35 heavy (non-hydrogen) atoms. The zero-order valence-corrected chi connectivity index (χ0v) is 18.8. The molecule has 0 saturated carbocycles. The Hall–Kier alpha value is -4.57. The van der Waals surface area contributed by atoms with Crippen molar-refractivity contribution in [3.8, 4) is 22.3 Å². The molecule has 0 atom stereocenters. The van der Waals surface area contributed by atoms with Gasteiger partial charge in [-0.15, -0.1) is 0 Å². The topological polar surface area (TPSA) is 43.1 Å². The average Bonchev–Trinajstić information content (AvgIpc) is 3.58. The summed E-state index contributed by atoms with van der Waals surface area (Å²) in [6.45, 7) is 0. The van der Waals surface area contributed by atoms with Gasteiger partial charge in [0.15, 0.2) is 0 Å². The zero-order valence-electron chi connectivity index (χ0n) is 18.8. The van der Waals surface area contributed by atoms with E-state index in [4.69, 9.17) is 9.97 Å². The molecule has 0 amide bonds. The van der Waals surface area contributed by atoms with Crippen LogP contribution in [0.15, 0.2) is 85.3 Å². The third-order valence-electron chi connectivity index (χ3n) is 7.92. The van der Waals surface area contributed by atoms with E-state index in [2.05, 4.69) is 64.0 Å². The quantitative estimate of drug-likeness (QED) is 0.243. The zero-order chi connectivity index (χ0) is 22.7. The van der Waals surface area contributed by atoms with Crippen molar-refractivity contribution in [2.24, 2.45) is 0 Å². The van der Waals surface area contributed by atoms with Gasteiger partial charge in [-0.05, 0) is 87.7 Å². The van der Waals surface area contributed by atoms with Crippen molar-refractivity contribution < 1.29 is 0 Å². The number of nitrogens with zero attached hydrogens (tertiary/aromatic N) is 4. The van der Waals surface area contributed by atoms with Crippen LogP contribution < -0.4 is 0 Å². The fraction of sp³-hybridized carbons (Fsp3) is 0.0645. The predicted molar refractivity (Wildman–Crippen MR) is 140 cm³/mol. The normalized spacial score (nSPS) is 13.5. The number of imidazole rings is 1. The Labute approximate surface area is 200 Å². The van der Waals surface area contributed by atoms with Gasteiger partial charge in [0.2, 0.25) is 0 Å². The lowest BCUT2D eigenvalue weighted by atomic mass is 9.94. The van der Waals surface area contributed by atoms with Crippen molar-refractivity contribution >= 4 is 38.5 Å². The first-order chi connectivity index (χ1) is 17.3. The van der Waals surface area contributed by atoms with E-state index in [1.54, 1.807) is 0 Å². The Kier molecular flexibility index (Phi) is 3.11. The smallest absolute Gasteiger partial charge is 0.146 e. The first-order valence-corrected chi connectivity index (χ1v) is 12.0. The Morgan fingerprint density at radius 3 is 2.57 bits per heavy atom. The summed E-state index contributed by atoms with van der Waals surface area (Å²) < 4.78 is 2.24. The summed E-state index contributed by atoms with van der Waals surface area (Å²) in [5, 5.41) is 2.35. The van der Waals surface area contributed by atoms with Crippen LogP contribution in [0.1, 0.15) is 22.3 Å². The third-order valence-corrected chi connectivity index (χ3v) is 7.92. The first-order valence-electron chi connectivity index (χ1n) is 12.0. The largest absolute Gasteiger partial charge is 0.290 e. The van der Waals surface area contributed by atoms with Gasteiger partial charge in [0.25, 0.3) is 0 Å². The van der Waals surface area contributed by atoms with Crippen molar-refractivity contribution in [1.82, 2.24) is 19.4 Å². The van der Waals surface area contributed by atoms with Gasteiger partial charge in [-0.2, -0.15) is 0 Å². The Morgan fingerprint density at radius 2 is 1.57 bits per heavy atom. The molecule has 4 heterocycles. The summed E-state index contributed by atoms with van der Waals surface area (Å²) in [5.74, 6) is 0. The molecule has 0 N–H and O–H groups in total. The van der Waals surface area contributed by atoms with Gasteiger partial charge in [-0.3, -0.25) is 14.4 Å². The molecular weight excluding hydrogens is 428 g/mol. The SMILES string of the molecule is c1ccc2c(c1)Cc1cc3c(cc1-2)Cc1ccc2c(c1-3)c1ncccc1n1c3ccncc3nc21. The van der Waals surface area contributed by atoms with Gasteiger partial charge >= 0.3 is 0 Å².